The predicted molar refractivity (Wildman–Crippen MR) is 202 cm³/mol. The van der Waals surface area contributed by atoms with E-state index in [2.05, 4.69) is 0 Å². The minimum Gasteiger partial charge on any atom is -0.508 e. The number of allylic oxidation sites excluding steroid dienone is 2. The Bertz CT molecular complexity index is 2450. The van der Waals surface area contributed by atoms with Gasteiger partial charge in [0.15, 0.2) is 0 Å². The van der Waals surface area contributed by atoms with Crippen LogP contribution < -0.4 is 14.5 Å². The molecular formula is C41H35ClN4O6S. The summed E-state index contributed by atoms with van der Waals surface area (Å²) in [5, 5.41) is 17.9. The number of thiophene rings is 1. The first-order chi connectivity index (χ1) is 25.4. The van der Waals surface area contributed by atoms with E-state index < -0.39 is 46.8 Å². The molecule has 53 heavy (non-hydrogen) atoms. The van der Waals surface area contributed by atoms with E-state index in [1.807, 2.05) is 37.3 Å². The van der Waals surface area contributed by atoms with Gasteiger partial charge in [0.25, 0.3) is 0 Å². The van der Waals surface area contributed by atoms with Gasteiger partial charge in [0.05, 0.1) is 40.8 Å². The van der Waals surface area contributed by atoms with Gasteiger partial charge in [-0.25, -0.2) is 4.90 Å². The molecule has 0 radical (unpaired) electrons. The van der Waals surface area contributed by atoms with E-state index in [-0.39, 0.29) is 30.4 Å². The van der Waals surface area contributed by atoms with Crippen molar-refractivity contribution in [1.29, 1.82) is 0 Å². The van der Waals surface area contributed by atoms with Gasteiger partial charge < -0.3 is 9.84 Å². The third-order valence-corrected chi connectivity index (χ3v) is 13.6. The molecule has 268 valence electrons. The first kappa shape index (κ1) is 33.6. The molecule has 3 aromatic carbocycles. The number of carbonyl (C=O) groups is 4. The lowest BCUT2D eigenvalue weighted by atomic mass is 9.51. The minimum atomic E-state index is -1.38. The molecule has 3 fully saturated rings. The minimum absolute atomic E-state index is 0.0837. The van der Waals surface area contributed by atoms with Crippen LogP contribution in [0.1, 0.15) is 36.8 Å². The highest BCUT2D eigenvalue weighted by molar-refractivity contribution is 7.22. The number of rotatable bonds is 5. The Balaban J connectivity index is 1.18. The quantitative estimate of drug-likeness (QED) is 0.147. The summed E-state index contributed by atoms with van der Waals surface area (Å²) in [7, 11) is 3.20. The van der Waals surface area contributed by atoms with Crippen molar-refractivity contribution in [1.82, 2.24) is 9.78 Å². The highest BCUT2D eigenvalue weighted by atomic mass is 35.5. The molecular weight excluding hydrogens is 712 g/mol. The second-order valence-electron chi connectivity index (χ2n) is 14.6. The van der Waals surface area contributed by atoms with Gasteiger partial charge in [0.2, 0.25) is 23.6 Å². The van der Waals surface area contributed by atoms with Crippen molar-refractivity contribution in [3.8, 4) is 22.1 Å². The fourth-order valence-electron chi connectivity index (χ4n) is 9.59. The van der Waals surface area contributed by atoms with Gasteiger partial charge in [-0.05, 0) is 86.0 Å². The van der Waals surface area contributed by atoms with Crippen LogP contribution in [0.5, 0.6) is 11.5 Å². The molecule has 4 amide bonds. The lowest BCUT2D eigenvalue weighted by Crippen LogP contribution is -2.49. The molecule has 0 bridgehead atoms. The van der Waals surface area contributed by atoms with Crippen LogP contribution in [0.3, 0.4) is 0 Å². The third kappa shape index (κ3) is 4.59. The molecule has 2 saturated heterocycles. The highest BCUT2D eigenvalue weighted by Gasteiger charge is 2.68. The number of phenols is 1. The standard InChI is InChI=1S/C41H35ClN4O6S/c1-20-25-17-21(42)13-16-31(25)53-36(20)28-19-32(44(3)43-28)46-38(49)27-18-26-23(35(41(27,2)40(46)51)34-29(47)11-8-12-30(34)52-4)14-15-24-33(26)39(50)45(37(24)48)22-9-6-5-7-10-22/h5-14,16-17,19,24,26-27,33,35,47H,15,18H2,1-4H3/t24-,26+,27-,33-,35+,41+/m0/s1. The number of methoxy groups -OCH3 is 1. The summed E-state index contributed by atoms with van der Waals surface area (Å²) in [6.45, 7) is 3.79. The van der Waals surface area contributed by atoms with Crippen molar-refractivity contribution in [3.63, 3.8) is 0 Å². The smallest absolute Gasteiger partial charge is 0.242 e. The van der Waals surface area contributed by atoms with Crippen molar-refractivity contribution >= 4 is 68.2 Å². The van der Waals surface area contributed by atoms with E-state index in [0.717, 1.165) is 26.1 Å². The Labute approximate surface area is 314 Å². The monoisotopic (exact) mass is 746 g/mol. The average molecular weight is 747 g/mol. The van der Waals surface area contributed by atoms with E-state index in [1.54, 1.807) is 78.5 Å². The zero-order valence-corrected chi connectivity index (χ0v) is 30.9. The molecule has 10 nitrogen and oxygen atoms in total. The molecule has 9 rings (SSSR count). The van der Waals surface area contributed by atoms with Crippen LogP contribution in [0, 0.1) is 36.0 Å². The molecule has 6 atom stereocenters. The van der Waals surface area contributed by atoms with Gasteiger partial charge in [0, 0.05) is 34.3 Å². The van der Waals surface area contributed by atoms with Crippen molar-refractivity contribution in [2.75, 3.05) is 16.9 Å². The number of aromatic hydroxyl groups is 1. The lowest BCUT2D eigenvalue weighted by molar-refractivity contribution is -0.131. The number of carbonyl (C=O) groups excluding carboxylic acids is 4. The van der Waals surface area contributed by atoms with Gasteiger partial charge in [-0.15, -0.1) is 11.3 Å². The Hall–Kier alpha value is -5.26. The Morgan fingerprint density at radius 2 is 1.72 bits per heavy atom. The lowest BCUT2D eigenvalue weighted by Gasteiger charge is -2.49. The Kier molecular flexibility index (Phi) is 7.52. The summed E-state index contributed by atoms with van der Waals surface area (Å²) in [4.78, 5) is 61.7. The van der Waals surface area contributed by atoms with Crippen LogP contribution in [-0.2, 0) is 26.2 Å². The van der Waals surface area contributed by atoms with Crippen LogP contribution in [-0.4, -0.2) is 45.6 Å². The summed E-state index contributed by atoms with van der Waals surface area (Å²) in [6, 6.07) is 21.3. The van der Waals surface area contributed by atoms with Crippen LogP contribution in [0.2, 0.25) is 5.02 Å². The van der Waals surface area contributed by atoms with Gasteiger partial charge in [0.1, 0.15) is 23.0 Å². The molecule has 0 spiro atoms. The van der Waals surface area contributed by atoms with Gasteiger partial charge >= 0.3 is 0 Å². The number of halogens is 1. The van der Waals surface area contributed by atoms with Crippen LogP contribution in [0.25, 0.3) is 20.7 Å². The summed E-state index contributed by atoms with van der Waals surface area (Å²) in [5.41, 5.74) is 1.87. The number of ether oxygens (including phenoxy) is 1. The summed E-state index contributed by atoms with van der Waals surface area (Å²) in [6.07, 6.45) is 2.43. The highest BCUT2D eigenvalue weighted by Crippen LogP contribution is 2.65. The summed E-state index contributed by atoms with van der Waals surface area (Å²) < 4.78 is 8.39. The number of hydrogen-bond donors (Lipinski definition) is 1. The maximum absolute atomic E-state index is 15.1. The van der Waals surface area contributed by atoms with Crippen LogP contribution >= 0.6 is 22.9 Å². The number of fused-ring (bicyclic) bond motifs is 5. The fraction of sp³-hybridized carbons (Fsp3) is 0.293. The summed E-state index contributed by atoms with van der Waals surface area (Å²) >= 11 is 7.87. The Morgan fingerprint density at radius 3 is 2.47 bits per heavy atom. The second-order valence-corrected chi connectivity index (χ2v) is 16.1. The molecule has 4 aliphatic rings. The molecule has 0 unspecified atom stereocenters. The number of phenolic OH excluding ortho intramolecular Hbond substituents is 1. The molecule has 5 aromatic rings. The zero-order chi connectivity index (χ0) is 37.1. The van der Waals surface area contributed by atoms with Crippen molar-refractivity contribution < 1.29 is 29.0 Å². The number of nitrogens with zero attached hydrogens (tertiary/aromatic N) is 4. The molecule has 1 saturated carbocycles. The molecule has 2 aliphatic carbocycles. The topological polar surface area (TPSA) is 122 Å². The number of imide groups is 2. The number of aromatic nitrogens is 2. The first-order valence-electron chi connectivity index (χ1n) is 17.6. The van der Waals surface area contributed by atoms with E-state index in [1.165, 1.54) is 16.9 Å². The van der Waals surface area contributed by atoms with E-state index >= 15 is 4.79 Å². The first-order valence-corrected chi connectivity index (χ1v) is 18.7. The summed E-state index contributed by atoms with van der Waals surface area (Å²) in [5.74, 6) is -4.46. The SMILES string of the molecule is COc1cccc(O)c1[C@H]1C2=CC[C@@H]3C(=O)N(c4ccccc4)C(=O)[C@@H]3[C@@H]2C[C@H]2C(=O)N(c3cc(-c4sc5ccc(Cl)cc5c4C)nn3C)C(=O)[C@@]12C. The number of para-hydroxylation sites is 1. The Morgan fingerprint density at radius 1 is 0.943 bits per heavy atom. The van der Waals surface area contributed by atoms with Crippen molar-refractivity contribution in [2.45, 2.75) is 32.6 Å². The average Bonchev–Trinajstić information content (AvgIpc) is 3.82. The van der Waals surface area contributed by atoms with Gasteiger partial charge in [-0.1, -0.05) is 47.5 Å². The number of amides is 4. The fourth-order valence-corrected chi connectivity index (χ4v) is 10.9. The molecule has 1 N–H and O–H groups in total. The normalized spacial score (nSPS) is 26.6. The third-order valence-electron chi connectivity index (χ3n) is 12.1. The second kappa shape index (κ2) is 11.9. The van der Waals surface area contributed by atoms with Crippen molar-refractivity contribution in [3.05, 3.63) is 101 Å². The maximum Gasteiger partial charge on any atom is 0.242 e. The zero-order valence-electron chi connectivity index (χ0n) is 29.4. The number of benzene rings is 3. The maximum atomic E-state index is 15.1. The van der Waals surface area contributed by atoms with Gasteiger partial charge in [-0.3, -0.25) is 28.8 Å². The predicted octanol–water partition coefficient (Wildman–Crippen LogP) is 7.41. The van der Waals surface area contributed by atoms with Crippen LogP contribution in [0.15, 0.2) is 84.4 Å². The van der Waals surface area contributed by atoms with Gasteiger partial charge in [-0.2, -0.15) is 5.10 Å². The molecule has 2 aromatic heterocycles. The number of aryl methyl sites for hydroxylation is 2. The number of hydrogen-bond acceptors (Lipinski definition) is 8. The molecule has 4 heterocycles. The largest absolute Gasteiger partial charge is 0.508 e. The molecule has 12 heteroatoms. The molecule has 2 aliphatic heterocycles. The number of anilines is 2. The van der Waals surface area contributed by atoms with Crippen molar-refractivity contribution in [2.24, 2.45) is 36.1 Å². The van der Waals surface area contributed by atoms with Crippen LogP contribution in [0.4, 0.5) is 11.5 Å². The van der Waals surface area contributed by atoms with E-state index in [0.29, 0.717) is 33.5 Å². The van der Waals surface area contributed by atoms with E-state index in [9.17, 15) is 19.5 Å². The van der Waals surface area contributed by atoms with E-state index in [4.69, 9.17) is 21.4 Å².